The minimum atomic E-state index is -1.19. The molecule has 2 aliphatic heterocycles. The highest BCUT2D eigenvalue weighted by atomic mass is 32.2. The number of carbonyl (C=O) groups is 3. The lowest BCUT2D eigenvalue weighted by molar-refractivity contribution is -0.152. The molecule has 0 radical (unpaired) electrons. The van der Waals surface area contributed by atoms with Crippen molar-refractivity contribution >= 4 is 29.7 Å². The summed E-state index contributed by atoms with van der Waals surface area (Å²) in [5.74, 6) is -1.85. The number of amides is 2. The number of primary amides is 1. The summed E-state index contributed by atoms with van der Waals surface area (Å²) >= 11 is 1.26. The molecule has 0 saturated carbocycles. The molecule has 2 aliphatic rings. The van der Waals surface area contributed by atoms with E-state index in [0.29, 0.717) is 11.3 Å². The smallest absolute Gasteiger partial charge is 0.404 e. The minimum Gasteiger partial charge on any atom is -0.477 e. The molecule has 0 aromatic rings. The molecule has 0 aliphatic carbocycles. The minimum absolute atomic E-state index is 0.0339. The third-order valence-electron chi connectivity index (χ3n) is 3.14. The van der Waals surface area contributed by atoms with Crippen LogP contribution in [-0.4, -0.2) is 51.7 Å². The van der Waals surface area contributed by atoms with Gasteiger partial charge in [-0.05, 0) is 6.42 Å². The van der Waals surface area contributed by atoms with Crippen LogP contribution in [-0.2, 0) is 14.3 Å². The topological polar surface area (TPSA) is 130 Å². The van der Waals surface area contributed by atoms with Gasteiger partial charge in [0.1, 0.15) is 5.70 Å². The summed E-state index contributed by atoms with van der Waals surface area (Å²) in [4.78, 5) is 35.3. The van der Waals surface area contributed by atoms with E-state index in [1.54, 1.807) is 0 Å². The molecule has 0 unspecified atom stereocenters. The van der Waals surface area contributed by atoms with Gasteiger partial charge in [-0.15, -0.1) is 11.8 Å². The maximum absolute atomic E-state index is 11.9. The van der Waals surface area contributed by atoms with E-state index in [1.807, 2.05) is 0 Å². The van der Waals surface area contributed by atoms with Crippen LogP contribution in [0.4, 0.5) is 4.79 Å². The maximum atomic E-state index is 11.9. The molecule has 2 rings (SSSR count). The van der Waals surface area contributed by atoms with Crippen molar-refractivity contribution in [1.82, 2.24) is 4.90 Å². The van der Waals surface area contributed by atoms with Crippen molar-refractivity contribution in [2.75, 3.05) is 13.2 Å². The maximum Gasteiger partial charge on any atom is 0.404 e. The molecular weight excluding hydrogens is 288 g/mol. The average molecular weight is 302 g/mol. The second-order valence-electron chi connectivity index (χ2n) is 4.33. The molecule has 110 valence electrons. The lowest BCUT2D eigenvalue weighted by atomic mass is 9.94. The second-order valence-corrected chi connectivity index (χ2v) is 5.54. The van der Waals surface area contributed by atoms with Gasteiger partial charge < -0.3 is 20.7 Å². The number of carbonyl (C=O) groups excluding carboxylic acids is 2. The van der Waals surface area contributed by atoms with Gasteiger partial charge in [-0.25, -0.2) is 9.59 Å². The quantitative estimate of drug-likeness (QED) is 0.573. The fourth-order valence-corrected chi connectivity index (χ4v) is 3.80. The third-order valence-corrected chi connectivity index (χ3v) is 4.60. The van der Waals surface area contributed by atoms with Gasteiger partial charge in [-0.2, -0.15) is 0 Å². The molecule has 0 bridgehead atoms. The first-order valence-electron chi connectivity index (χ1n) is 5.96. The molecule has 0 aromatic carbocycles. The summed E-state index contributed by atoms with van der Waals surface area (Å²) in [6, 6.07) is 0. The summed E-state index contributed by atoms with van der Waals surface area (Å²) in [6.07, 6.45) is -0.422. The Hall–Kier alpha value is -1.74. The monoisotopic (exact) mass is 302 g/mol. The molecule has 20 heavy (non-hydrogen) atoms. The Morgan fingerprint density at radius 2 is 2.15 bits per heavy atom. The van der Waals surface area contributed by atoms with Gasteiger partial charge in [0, 0.05) is 17.9 Å². The number of hydrogen-bond donors (Lipinski definition) is 3. The van der Waals surface area contributed by atoms with E-state index in [4.69, 9.17) is 10.8 Å². The zero-order valence-corrected chi connectivity index (χ0v) is 11.3. The fourth-order valence-electron chi connectivity index (χ4n) is 2.28. The summed E-state index contributed by atoms with van der Waals surface area (Å²) in [6.45, 7) is -0.155. The van der Waals surface area contributed by atoms with Crippen molar-refractivity contribution in [3.8, 4) is 0 Å². The van der Waals surface area contributed by atoms with Crippen molar-refractivity contribution < 1.29 is 29.3 Å². The number of hydrogen-bond acceptors (Lipinski definition) is 6. The van der Waals surface area contributed by atoms with E-state index >= 15 is 0 Å². The first kappa shape index (κ1) is 14.7. The Balaban J connectivity index is 2.09. The van der Waals surface area contributed by atoms with Crippen molar-refractivity contribution in [3.05, 3.63) is 10.6 Å². The van der Waals surface area contributed by atoms with Crippen molar-refractivity contribution in [2.45, 2.75) is 18.2 Å². The average Bonchev–Trinajstić information content (AvgIpc) is 2.71. The van der Waals surface area contributed by atoms with Gasteiger partial charge in [0.05, 0.1) is 17.9 Å². The number of nitrogens with zero attached hydrogens (tertiary/aromatic N) is 1. The Labute approximate surface area is 118 Å². The number of aliphatic hydroxyl groups is 1. The summed E-state index contributed by atoms with van der Waals surface area (Å²) in [5, 5.41) is 17.8. The van der Waals surface area contributed by atoms with Gasteiger partial charge >= 0.3 is 12.1 Å². The van der Waals surface area contributed by atoms with Gasteiger partial charge in [0.2, 0.25) is 5.91 Å². The molecule has 2 amide bonds. The molecule has 1 fully saturated rings. The van der Waals surface area contributed by atoms with E-state index in [-0.39, 0.29) is 42.5 Å². The van der Waals surface area contributed by atoms with Crippen molar-refractivity contribution in [1.29, 1.82) is 0 Å². The summed E-state index contributed by atoms with van der Waals surface area (Å²) in [7, 11) is 0. The molecule has 2 atom stereocenters. The normalized spacial score (nSPS) is 24.4. The largest absolute Gasteiger partial charge is 0.477 e. The Bertz CT molecular complexity index is 491. The van der Waals surface area contributed by atoms with Crippen molar-refractivity contribution in [2.24, 2.45) is 11.7 Å². The predicted octanol–water partition coefficient (Wildman–Crippen LogP) is -0.318. The first-order chi connectivity index (χ1) is 9.47. The Morgan fingerprint density at radius 1 is 1.45 bits per heavy atom. The number of ether oxygens (including phenoxy) is 1. The molecule has 0 spiro atoms. The van der Waals surface area contributed by atoms with E-state index in [1.165, 1.54) is 16.7 Å². The predicted molar refractivity (Wildman–Crippen MR) is 68.2 cm³/mol. The van der Waals surface area contributed by atoms with E-state index in [0.717, 1.165) is 0 Å². The third kappa shape index (κ3) is 2.46. The van der Waals surface area contributed by atoms with Crippen LogP contribution in [0.25, 0.3) is 0 Å². The molecule has 1 saturated heterocycles. The molecular formula is C11H14N2O6S. The number of thioether (sulfide) groups is 1. The zero-order chi connectivity index (χ0) is 14.9. The number of aliphatic carboxylic acids is 1. The van der Waals surface area contributed by atoms with Gasteiger partial charge in [0.15, 0.2) is 0 Å². The van der Waals surface area contributed by atoms with Crippen molar-refractivity contribution in [3.63, 3.8) is 0 Å². The number of nitrogens with two attached hydrogens (primary N) is 1. The number of β-lactam (4-membered cyclic amide) rings is 1. The number of rotatable bonds is 6. The molecule has 9 heteroatoms. The van der Waals surface area contributed by atoms with Crippen LogP contribution in [0.5, 0.6) is 0 Å². The standard InChI is InChI=1S/C11H14N2O6S/c12-11(18)19-4-2-6-7(10(16)17)13-8(15)5(1-3-14)9(13)20-6/h5,9,14H,1-4H2,(H2,12,18)(H,16,17)/t5-,9+/m0/s1. The number of carboxylic acid groups (broad SMARTS) is 1. The Kier molecular flexibility index (Phi) is 4.19. The first-order valence-corrected chi connectivity index (χ1v) is 6.84. The lowest BCUT2D eigenvalue weighted by Crippen LogP contribution is -2.57. The fraction of sp³-hybridized carbons (Fsp3) is 0.545. The molecule has 4 N–H and O–H groups in total. The van der Waals surface area contributed by atoms with Crippen LogP contribution in [0, 0.1) is 5.92 Å². The second kappa shape index (κ2) is 5.71. The van der Waals surface area contributed by atoms with E-state index < -0.39 is 12.1 Å². The number of fused-ring (bicyclic) bond motifs is 1. The van der Waals surface area contributed by atoms with E-state index in [2.05, 4.69) is 4.74 Å². The van der Waals surface area contributed by atoms with Crippen LogP contribution < -0.4 is 5.73 Å². The Morgan fingerprint density at radius 3 is 2.70 bits per heavy atom. The van der Waals surface area contributed by atoms with Crippen LogP contribution >= 0.6 is 11.8 Å². The number of carboxylic acids is 1. The van der Waals surface area contributed by atoms with Crippen LogP contribution in [0.3, 0.4) is 0 Å². The molecule has 0 aromatic heterocycles. The van der Waals surface area contributed by atoms with Crippen LogP contribution in [0.2, 0.25) is 0 Å². The highest BCUT2D eigenvalue weighted by Gasteiger charge is 2.55. The zero-order valence-electron chi connectivity index (χ0n) is 10.4. The summed E-state index contributed by atoms with van der Waals surface area (Å²) < 4.78 is 4.58. The highest BCUT2D eigenvalue weighted by molar-refractivity contribution is 8.04. The highest BCUT2D eigenvalue weighted by Crippen LogP contribution is 2.51. The number of aliphatic hydroxyl groups excluding tert-OH is 1. The summed E-state index contributed by atoms with van der Waals surface area (Å²) in [5.41, 5.74) is 4.77. The van der Waals surface area contributed by atoms with Crippen LogP contribution in [0.1, 0.15) is 12.8 Å². The van der Waals surface area contributed by atoms with Gasteiger partial charge in [0.25, 0.3) is 0 Å². The van der Waals surface area contributed by atoms with Crippen LogP contribution in [0.15, 0.2) is 10.6 Å². The molecule has 2 heterocycles. The van der Waals surface area contributed by atoms with Gasteiger partial charge in [-0.3, -0.25) is 9.69 Å². The SMILES string of the molecule is NC(=O)OCCC1=C(C(=O)O)N2C(=O)[C@H](CCO)[C@H]2S1. The lowest BCUT2D eigenvalue weighted by Gasteiger charge is -2.42. The van der Waals surface area contributed by atoms with Gasteiger partial charge in [-0.1, -0.05) is 0 Å². The molecule has 8 nitrogen and oxygen atoms in total. The van der Waals surface area contributed by atoms with E-state index in [9.17, 15) is 19.5 Å².